The molecule has 0 heterocycles. The zero-order chi connectivity index (χ0) is 8.08. The summed E-state index contributed by atoms with van der Waals surface area (Å²) >= 11 is 0. The summed E-state index contributed by atoms with van der Waals surface area (Å²) < 4.78 is 34.1. The first-order chi connectivity index (χ1) is 3.73. The Hall–Kier alpha value is 0.395. The molecule has 11 heavy (non-hydrogen) atoms. The van der Waals surface area contributed by atoms with Gasteiger partial charge in [-0.15, -0.1) is 0 Å². The van der Waals surface area contributed by atoms with Crippen LogP contribution in [0.5, 0.6) is 0 Å². The second-order valence-corrected chi connectivity index (χ2v) is 1.45. The van der Waals surface area contributed by atoms with Gasteiger partial charge in [0.25, 0.3) is 0 Å². The first kappa shape index (κ1) is 22.5. The third-order valence-electron chi connectivity index (χ3n) is 0. The molecule has 0 bridgehead atoms. The molecule has 0 aliphatic rings. The Morgan fingerprint density at radius 1 is 1.00 bits per heavy atom. The minimum atomic E-state index is -5.17. The van der Waals surface area contributed by atoms with Crippen molar-refractivity contribution in [2.45, 2.75) is 0 Å². The van der Waals surface area contributed by atoms with E-state index in [9.17, 15) is 0 Å². The third kappa shape index (κ3) is 4700. The molecule has 11 heteroatoms. The zero-order valence-corrected chi connectivity index (χ0v) is 8.27. The van der Waals surface area contributed by atoms with E-state index in [2.05, 4.69) is 0 Å². The topological polar surface area (TPSA) is 146 Å². The van der Waals surface area contributed by atoms with Crippen molar-refractivity contribution in [3.05, 3.63) is 15.3 Å². The average Bonchev–Trinajstić information content (AvgIpc) is 1.19. The molecule has 0 spiro atoms. The van der Waals surface area contributed by atoms with Crippen molar-refractivity contribution in [1.29, 1.82) is 0 Å². The second kappa shape index (κ2) is 10.4. The molecule has 0 aromatic heterocycles. The van der Waals surface area contributed by atoms with Crippen molar-refractivity contribution in [3.8, 4) is 0 Å². The summed E-state index contributed by atoms with van der Waals surface area (Å²) in [5.74, 6) is 0. The fourth-order valence-electron chi connectivity index (χ4n) is 0. The first-order valence-electron chi connectivity index (χ1n) is 1.21. The van der Waals surface area contributed by atoms with Crippen LogP contribution in [0, 0.1) is 15.3 Å². The fraction of sp³-hybridized carbons (Fsp3) is 0. The van der Waals surface area contributed by atoms with E-state index in [4.69, 9.17) is 32.8 Å². The van der Waals surface area contributed by atoms with Crippen LogP contribution in [0.1, 0.15) is 0 Å². The number of hydrogen-bond donors (Lipinski definition) is 0. The molecule has 8 nitrogen and oxygen atoms in total. The summed E-state index contributed by atoms with van der Waals surface area (Å²) in [6.45, 7) is 0. The van der Waals surface area contributed by atoms with E-state index in [0.717, 1.165) is 0 Å². The molecular weight excluding hydrogens is 371 g/mol. The molecule has 0 N–H and O–H groups in total. The number of hydrogen-bond acceptors (Lipinski definition) is 7. The van der Waals surface area contributed by atoms with Gasteiger partial charge < -0.3 is 24.4 Å². The van der Waals surface area contributed by atoms with Gasteiger partial charge >= 0.3 is 0 Å². The van der Waals surface area contributed by atoms with Crippen molar-refractivity contribution in [2.75, 3.05) is 0 Å². The van der Waals surface area contributed by atoms with Crippen LogP contribution in [0.3, 0.4) is 0 Å². The monoisotopic (exact) mass is 370 g/mol. The summed E-state index contributed by atoms with van der Waals surface area (Å²) in [7, 11) is -5.17. The Bertz CT molecular complexity index is 159. The summed E-state index contributed by atoms with van der Waals surface area (Å²) in [5, 5.41) is 14.8. The zero-order valence-electron chi connectivity index (χ0n) is 4.35. The Morgan fingerprint density at radius 2 is 1.00 bits per heavy atom. The van der Waals surface area contributed by atoms with Crippen LogP contribution in [0.15, 0.2) is 0 Å². The Labute approximate surface area is 89.0 Å². The van der Waals surface area contributed by atoms with Crippen molar-refractivity contribution >= 4 is 10.4 Å². The SMILES string of the molecule is O=S(=O)([O-])[O-].O=[N+]([O-])[O-].[Pd].[Pd]. The van der Waals surface area contributed by atoms with Crippen LogP contribution in [-0.4, -0.2) is 22.6 Å². The molecule has 0 saturated carbocycles. The van der Waals surface area contributed by atoms with Crippen LogP contribution in [0.4, 0.5) is 0 Å². The van der Waals surface area contributed by atoms with Gasteiger partial charge in [0.05, 0.1) is 5.09 Å². The Morgan fingerprint density at radius 3 is 1.00 bits per heavy atom. The minimum Gasteiger partial charge on any atom is -0.759 e. The maximum Gasteiger partial charge on any atom is 0.0689 e. The van der Waals surface area contributed by atoms with Crippen LogP contribution >= 0.6 is 0 Å². The van der Waals surface area contributed by atoms with E-state index in [1.807, 2.05) is 0 Å². The van der Waals surface area contributed by atoms with Gasteiger partial charge in [0.15, 0.2) is 0 Å². The second-order valence-electron chi connectivity index (χ2n) is 0.632. The molecule has 76 valence electrons. The van der Waals surface area contributed by atoms with Gasteiger partial charge in [-0.05, 0) is 0 Å². The van der Waals surface area contributed by atoms with E-state index in [1.165, 1.54) is 0 Å². The number of nitrogens with zero attached hydrogens (tertiary/aromatic N) is 1. The molecule has 0 atom stereocenters. The Kier molecular flexibility index (Phi) is 21.3. The smallest absolute Gasteiger partial charge is 0.0689 e. The molecule has 0 aromatic rings. The molecule has 0 saturated heterocycles. The number of rotatable bonds is 0. The minimum absolute atomic E-state index is 0. The van der Waals surface area contributed by atoms with E-state index in [0.29, 0.717) is 0 Å². The summed E-state index contributed by atoms with van der Waals surface area (Å²) in [4.78, 5) is 8.25. The van der Waals surface area contributed by atoms with Crippen LogP contribution in [0.25, 0.3) is 0 Å². The molecule has 0 aromatic carbocycles. The largest absolute Gasteiger partial charge is 0.759 e. The van der Waals surface area contributed by atoms with Crippen molar-refractivity contribution in [1.82, 2.24) is 0 Å². The fourth-order valence-corrected chi connectivity index (χ4v) is 0. The summed E-state index contributed by atoms with van der Waals surface area (Å²) in [5.41, 5.74) is 0. The van der Waals surface area contributed by atoms with Crippen molar-refractivity contribution in [3.63, 3.8) is 0 Å². The van der Waals surface area contributed by atoms with Gasteiger partial charge in [0.1, 0.15) is 0 Å². The molecule has 0 unspecified atom stereocenters. The van der Waals surface area contributed by atoms with E-state index < -0.39 is 15.5 Å². The van der Waals surface area contributed by atoms with Crippen LogP contribution in [-0.2, 0) is 51.2 Å². The van der Waals surface area contributed by atoms with E-state index in [1.54, 1.807) is 0 Å². The summed E-state index contributed by atoms with van der Waals surface area (Å²) in [6, 6.07) is 0. The molecule has 0 amide bonds. The van der Waals surface area contributed by atoms with E-state index in [-0.39, 0.29) is 40.8 Å². The first-order valence-corrected chi connectivity index (χ1v) is 2.55. The predicted molar refractivity (Wildman–Crippen MR) is 20.8 cm³/mol. The molecule has 0 aliphatic heterocycles. The maximum absolute atomic E-state index is 8.52. The molecule has 0 radical (unpaired) electrons. The van der Waals surface area contributed by atoms with Gasteiger partial charge in [0, 0.05) is 51.2 Å². The normalized spacial score (nSPS) is 7.45. The van der Waals surface area contributed by atoms with Crippen molar-refractivity contribution < 1.29 is 63.5 Å². The average molecular weight is 371 g/mol. The van der Waals surface area contributed by atoms with Gasteiger partial charge in [-0.3, -0.25) is 8.42 Å². The summed E-state index contributed by atoms with van der Waals surface area (Å²) in [6.07, 6.45) is 0. The predicted octanol–water partition coefficient (Wildman–Crippen LogP) is -1.58. The molecule has 0 fully saturated rings. The van der Waals surface area contributed by atoms with Crippen LogP contribution < -0.4 is 0 Å². The molecule has 0 rings (SSSR count). The third-order valence-corrected chi connectivity index (χ3v) is 0. The van der Waals surface area contributed by atoms with E-state index >= 15 is 0 Å². The molecular formula is NO7Pd2S-3. The Balaban J connectivity index is -0.0000000383. The quantitative estimate of drug-likeness (QED) is 0.164. The maximum atomic E-state index is 8.52. The van der Waals surface area contributed by atoms with Crippen LogP contribution in [0.2, 0.25) is 0 Å². The standard InChI is InChI=1S/NO3.H2O4S.2Pd/c2-1(3)4;1-5(2,3)4;;/h;(H2,1,2,3,4);;/q-1;;;/p-2. The van der Waals surface area contributed by atoms with Gasteiger partial charge in [-0.2, -0.15) is 0 Å². The van der Waals surface area contributed by atoms with Gasteiger partial charge in [-0.1, -0.05) is 0 Å². The van der Waals surface area contributed by atoms with Gasteiger partial charge in [-0.25, -0.2) is 0 Å². The van der Waals surface area contributed by atoms with Crippen molar-refractivity contribution in [2.24, 2.45) is 0 Å². The molecule has 0 aliphatic carbocycles. The van der Waals surface area contributed by atoms with Gasteiger partial charge in [0.2, 0.25) is 0 Å².